The molecule has 2 heterocycles. The van der Waals surface area contributed by atoms with Crippen molar-refractivity contribution in [2.24, 2.45) is 0 Å². The van der Waals surface area contributed by atoms with Gasteiger partial charge in [-0.05, 0) is 48.4 Å². The molecule has 1 aliphatic heterocycles. The minimum atomic E-state index is -0.365. The van der Waals surface area contributed by atoms with Crippen LogP contribution in [0.25, 0.3) is 0 Å². The summed E-state index contributed by atoms with van der Waals surface area (Å²) in [6.45, 7) is 3.13. The Kier molecular flexibility index (Phi) is 5.93. The summed E-state index contributed by atoms with van der Waals surface area (Å²) in [7, 11) is 1.63. The maximum absolute atomic E-state index is 13.3. The Balaban J connectivity index is 1.68. The van der Waals surface area contributed by atoms with Crippen molar-refractivity contribution in [2.75, 3.05) is 19.0 Å². The number of carbonyl (C=O) groups excluding carboxylic acids is 1. The number of rotatable bonds is 8. The Morgan fingerprint density at radius 3 is 2.73 bits per heavy atom. The maximum atomic E-state index is 13.3. The number of benzene rings is 2. The number of nitrogens with zero attached hydrogens (tertiary/aromatic N) is 1. The number of amides is 1. The van der Waals surface area contributed by atoms with Crippen molar-refractivity contribution >= 4 is 11.6 Å². The molecule has 0 bridgehead atoms. The first-order valence-corrected chi connectivity index (χ1v) is 10.2. The van der Waals surface area contributed by atoms with E-state index in [1.54, 1.807) is 18.3 Å². The number of hydrogen-bond donors (Lipinski definition) is 1. The predicted octanol–water partition coefficient (Wildman–Crippen LogP) is 5.23. The molecule has 156 valence electrons. The highest BCUT2D eigenvalue weighted by Gasteiger charge is 2.33. The van der Waals surface area contributed by atoms with Crippen LogP contribution >= 0.6 is 0 Å². The van der Waals surface area contributed by atoms with E-state index in [0.29, 0.717) is 30.2 Å². The summed E-state index contributed by atoms with van der Waals surface area (Å²) in [5.41, 5.74) is 2.36. The Hall–Kier alpha value is -3.41. The number of anilines is 1. The molecule has 1 atom stereocenters. The average Bonchev–Trinajstić information content (AvgIpc) is 3.29. The van der Waals surface area contributed by atoms with E-state index >= 15 is 0 Å². The van der Waals surface area contributed by atoms with Gasteiger partial charge in [0, 0.05) is 5.69 Å². The van der Waals surface area contributed by atoms with Crippen LogP contribution in [0.3, 0.4) is 0 Å². The zero-order valence-corrected chi connectivity index (χ0v) is 17.3. The Morgan fingerprint density at radius 1 is 1.10 bits per heavy atom. The van der Waals surface area contributed by atoms with Crippen molar-refractivity contribution in [1.29, 1.82) is 0 Å². The van der Waals surface area contributed by atoms with Gasteiger partial charge < -0.3 is 24.1 Å². The smallest absolute Gasteiger partial charge is 0.258 e. The molecule has 30 heavy (non-hydrogen) atoms. The summed E-state index contributed by atoms with van der Waals surface area (Å²) >= 11 is 0. The van der Waals surface area contributed by atoms with Gasteiger partial charge in [0.25, 0.3) is 5.91 Å². The molecule has 0 radical (unpaired) electrons. The lowest BCUT2D eigenvalue weighted by atomic mass is 10.0. The summed E-state index contributed by atoms with van der Waals surface area (Å²) in [5, 5.41) is 3.50. The van der Waals surface area contributed by atoms with Crippen LogP contribution in [-0.2, 0) is 6.54 Å². The van der Waals surface area contributed by atoms with E-state index in [1.165, 1.54) is 0 Å². The van der Waals surface area contributed by atoms with Gasteiger partial charge in [-0.25, -0.2) is 0 Å². The number of nitrogens with one attached hydrogen (secondary N) is 1. The summed E-state index contributed by atoms with van der Waals surface area (Å²) in [6.07, 6.45) is 3.30. The SMILES string of the molecule is CCCCOc1ccc([C@H]2Nc3ccccc3C(=O)N2Cc2ccco2)cc1OC. The number of ether oxygens (including phenoxy) is 2. The van der Waals surface area contributed by atoms with E-state index in [4.69, 9.17) is 13.9 Å². The van der Waals surface area contributed by atoms with E-state index < -0.39 is 0 Å². The Labute approximate surface area is 176 Å². The standard InChI is InChI=1S/C24H26N2O4/c1-3-4-13-30-21-12-11-17(15-22(21)28-2)23-25-20-10-6-5-9-19(20)24(27)26(23)16-18-8-7-14-29-18/h5-12,14-15,23,25H,3-4,13,16H2,1-2H3/t23-/m0/s1. The molecule has 4 rings (SSSR count). The van der Waals surface area contributed by atoms with Gasteiger partial charge in [-0.15, -0.1) is 0 Å². The lowest BCUT2D eigenvalue weighted by molar-refractivity contribution is 0.0651. The van der Waals surface area contributed by atoms with Crippen molar-refractivity contribution in [3.05, 3.63) is 77.7 Å². The van der Waals surface area contributed by atoms with Gasteiger partial charge in [-0.1, -0.05) is 31.5 Å². The fraction of sp³-hybridized carbons (Fsp3) is 0.292. The first-order valence-electron chi connectivity index (χ1n) is 10.2. The van der Waals surface area contributed by atoms with Crippen LogP contribution in [0.2, 0.25) is 0 Å². The zero-order valence-electron chi connectivity index (χ0n) is 17.3. The third kappa shape index (κ3) is 3.99. The molecule has 1 amide bonds. The van der Waals surface area contributed by atoms with Gasteiger partial charge in [-0.3, -0.25) is 4.79 Å². The number of unbranched alkanes of at least 4 members (excludes halogenated alkanes) is 1. The van der Waals surface area contributed by atoms with Gasteiger partial charge in [0.1, 0.15) is 11.9 Å². The molecule has 6 nitrogen and oxygen atoms in total. The molecule has 0 fully saturated rings. The van der Waals surface area contributed by atoms with Crippen molar-refractivity contribution in [1.82, 2.24) is 4.90 Å². The van der Waals surface area contributed by atoms with Crippen LogP contribution in [-0.4, -0.2) is 24.5 Å². The molecule has 1 aliphatic rings. The number of para-hydroxylation sites is 1. The second kappa shape index (κ2) is 8.95. The summed E-state index contributed by atoms with van der Waals surface area (Å²) < 4.78 is 16.9. The minimum Gasteiger partial charge on any atom is -0.493 e. The molecule has 0 spiro atoms. The topological polar surface area (TPSA) is 63.9 Å². The molecule has 6 heteroatoms. The molecule has 2 aromatic carbocycles. The monoisotopic (exact) mass is 406 g/mol. The molecule has 0 unspecified atom stereocenters. The highest BCUT2D eigenvalue weighted by Crippen LogP contribution is 2.37. The fourth-order valence-corrected chi connectivity index (χ4v) is 3.59. The Bertz CT molecular complexity index is 1000. The summed E-state index contributed by atoms with van der Waals surface area (Å²) in [5.74, 6) is 2.03. The number of furan rings is 1. The summed E-state index contributed by atoms with van der Waals surface area (Å²) in [4.78, 5) is 15.1. The number of hydrogen-bond acceptors (Lipinski definition) is 5. The van der Waals surface area contributed by atoms with Crippen LogP contribution in [0.1, 0.15) is 47.6 Å². The van der Waals surface area contributed by atoms with E-state index in [-0.39, 0.29) is 12.1 Å². The fourth-order valence-electron chi connectivity index (χ4n) is 3.59. The molecular weight excluding hydrogens is 380 g/mol. The molecule has 3 aromatic rings. The normalized spacial score (nSPS) is 15.5. The first kappa shape index (κ1) is 19.9. The average molecular weight is 406 g/mol. The van der Waals surface area contributed by atoms with Gasteiger partial charge in [-0.2, -0.15) is 0 Å². The predicted molar refractivity (Wildman–Crippen MR) is 115 cm³/mol. The van der Waals surface area contributed by atoms with Gasteiger partial charge in [0.2, 0.25) is 0 Å². The van der Waals surface area contributed by atoms with E-state index in [2.05, 4.69) is 12.2 Å². The van der Waals surface area contributed by atoms with Crippen LogP contribution in [0.15, 0.2) is 65.3 Å². The quantitative estimate of drug-likeness (QED) is 0.519. The second-order valence-electron chi connectivity index (χ2n) is 7.22. The minimum absolute atomic E-state index is 0.0482. The lowest BCUT2D eigenvalue weighted by Crippen LogP contribution is -2.42. The number of methoxy groups -OCH3 is 1. The molecule has 0 saturated heterocycles. The zero-order chi connectivity index (χ0) is 20.9. The lowest BCUT2D eigenvalue weighted by Gasteiger charge is -2.37. The van der Waals surface area contributed by atoms with E-state index in [1.807, 2.05) is 54.6 Å². The van der Waals surface area contributed by atoms with Crippen molar-refractivity contribution in [3.8, 4) is 11.5 Å². The van der Waals surface area contributed by atoms with E-state index in [9.17, 15) is 4.79 Å². The first-order chi connectivity index (χ1) is 14.7. The van der Waals surface area contributed by atoms with Crippen molar-refractivity contribution < 1.29 is 18.7 Å². The third-order valence-electron chi connectivity index (χ3n) is 5.19. The largest absolute Gasteiger partial charge is 0.493 e. The number of carbonyl (C=O) groups is 1. The highest BCUT2D eigenvalue weighted by molar-refractivity contribution is 6.01. The highest BCUT2D eigenvalue weighted by atomic mass is 16.5. The van der Waals surface area contributed by atoms with Crippen molar-refractivity contribution in [2.45, 2.75) is 32.5 Å². The molecule has 1 aromatic heterocycles. The third-order valence-corrected chi connectivity index (χ3v) is 5.19. The van der Waals surface area contributed by atoms with Gasteiger partial charge >= 0.3 is 0 Å². The molecule has 1 N–H and O–H groups in total. The Morgan fingerprint density at radius 2 is 1.97 bits per heavy atom. The molecule has 0 aliphatic carbocycles. The van der Waals surface area contributed by atoms with Crippen LogP contribution in [0.4, 0.5) is 5.69 Å². The molecule has 0 saturated carbocycles. The van der Waals surface area contributed by atoms with Crippen LogP contribution < -0.4 is 14.8 Å². The van der Waals surface area contributed by atoms with Gasteiger partial charge in [0.15, 0.2) is 11.5 Å². The van der Waals surface area contributed by atoms with Crippen LogP contribution in [0, 0.1) is 0 Å². The maximum Gasteiger partial charge on any atom is 0.258 e. The van der Waals surface area contributed by atoms with Crippen LogP contribution in [0.5, 0.6) is 11.5 Å². The second-order valence-corrected chi connectivity index (χ2v) is 7.22. The van der Waals surface area contributed by atoms with Crippen molar-refractivity contribution in [3.63, 3.8) is 0 Å². The molecular formula is C24H26N2O4. The van der Waals surface area contributed by atoms with Gasteiger partial charge in [0.05, 0.1) is 32.1 Å². The van der Waals surface area contributed by atoms with E-state index in [0.717, 1.165) is 29.9 Å². The number of fused-ring (bicyclic) bond motifs is 1. The summed E-state index contributed by atoms with van der Waals surface area (Å²) in [6, 6.07) is 17.0.